The largest absolute Gasteiger partial charge is 0.464 e. The minimum Gasteiger partial charge on any atom is -0.464 e. The van der Waals surface area contributed by atoms with Gasteiger partial charge in [0.25, 0.3) is 10.0 Å². The van der Waals surface area contributed by atoms with Crippen LogP contribution in [0, 0.1) is 6.92 Å². The first-order chi connectivity index (χ1) is 10.3. The maximum atomic E-state index is 12.6. The van der Waals surface area contributed by atoms with Gasteiger partial charge in [-0.2, -0.15) is 0 Å². The summed E-state index contributed by atoms with van der Waals surface area (Å²) in [6.45, 7) is 3.91. The van der Waals surface area contributed by atoms with Crippen LogP contribution in [0.4, 0.5) is 0 Å². The van der Waals surface area contributed by atoms with Crippen molar-refractivity contribution < 1.29 is 17.9 Å². The number of hydrogen-bond acceptors (Lipinski definition) is 4. The number of likely N-dealkylation sites (N-methyl/N-ethyl adjacent to an activating group) is 1. The summed E-state index contributed by atoms with van der Waals surface area (Å²) in [4.78, 5) is 12.0. The van der Waals surface area contributed by atoms with E-state index in [9.17, 15) is 13.2 Å². The number of ether oxygens (including phenoxy) is 1. The van der Waals surface area contributed by atoms with Crippen molar-refractivity contribution in [1.82, 2.24) is 4.31 Å². The van der Waals surface area contributed by atoms with Gasteiger partial charge in [0, 0.05) is 7.05 Å². The summed E-state index contributed by atoms with van der Waals surface area (Å²) in [5.41, 5.74) is 1.00. The van der Waals surface area contributed by atoms with Crippen molar-refractivity contribution >= 4 is 16.0 Å². The lowest BCUT2D eigenvalue weighted by molar-refractivity contribution is -0.137. The molecule has 0 atom stereocenters. The molecule has 0 saturated carbocycles. The summed E-state index contributed by atoms with van der Waals surface area (Å²) in [5.74, 6) is -0.658. The van der Waals surface area contributed by atoms with Crippen LogP contribution in [0.25, 0.3) is 0 Å². The summed E-state index contributed by atoms with van der Waals surface area (Å²) in [5, 5.41) is 0. The molecule has 1 rings (SSSR count). The molecule has 0 aliphatic carbocycles. The van der Waals surface area contributed by atoms with Crippen LogP contribution in [0.3, 0.4) is 0 Å². The maximum absolute atomic E-state index is 12.6. The molecule has 0 saturated heterocycles. The van der Waals surface area contributed by atoms with Crippen molar-refractivity contribution in [3.63, 3.8) is 0 Å². The van der Waals surface area contributed by atoms with E-state index < -0.39 is 16.0 Å². The molecule has 0 radical (unpaired) electrons. The highest BCUT2D eigenvalue weighted by Gasteiger charge is 2.27. The summed E-state index contributed by atoms with van der Waals surface area (Å²) < 4.78 is 30.9. The molecular formula is C16H23NO4S. The predicted octanol–water partition coefficient (Wildman–Crippen LogP) is 2.86. The fourth-order valence-corrected chi connectivity index (χ4v) is 3.09. The number of hydrogen-bond donors (Lipinski definition) is 0. The molecule has 0 aliphatic heterocycles. The first kappa shape index (κ1) is 18.2. The molecule has 0 heterocycles. The smallest absolute Gasteiger partial charge is 0.354 e. The van der Waals surface area contributed by atoms with Crippen molar-refractivity contribution in [2.45, 2.75) is 38.0 Å². The van der Waals surface area contributed by atoms with E-state index in [2.05, 4.69) is 0 Å². The highest BCUT2D eigenvalue weighted by atomic mass is 32.2. The fraction of sp³-hybridized carbons (Fsp3) is 0.438. The van der Waals surface area contributed by atoms with Gasteiger partial charge in [-0.05, 0) is 31.9 Å². The van der Waals surface area contributed by atoms with E-state index in [0.717, 1.165) is 22.7 Å². The Balaban J connectivity index is 3.16. The van der Waals surface area contributed by atoms with Crippen LogP contribution in [0.2, 0.25) is 0 Å². The lowest BCUT2D eigenvalue weighted by Gasteiger charge is -2.21. The number of allylic oxidation sites excluding steroid dienone is 1. The lowest BCUT2D eigenvalue weighted by Crippen LogP contribution is -2.31. The molecule has 0 fully saturated rings. The standard InChI is InChI=1S/C16H23NO4S/c1-5-6-7-8-15(16(18)21-4)17(3)22(19,20)14-11-9-13(2)10-12-14/h8-12H,5-7H2,1-4H3/b15-8+. The van der Waals surface area contributed by atoms with Crippen LogP contribution in [-0.2, 0) is 19.6 Å². The molecule has 0 aromatic heterocycles. The second-order valence-corrected chi connectivity index (χ2v) is 6.98. The van der Waals surface area contributed by atoms with Gasteiger partial charge in [-0.15, -0.1) is 0 Å². The van der Waals surface area contributed by atoms with Gasteiger partial charge in [0.1, 0.15) is 5.70 Å². The molecule has 1 aromatic carbocycles. The third-order valence-corrected chi connectivity index (χ3v) is 5.09. The van der Waals surface area contributed by atoms with Crippen molar-refractivity contribution in [2.75, 3.05) is 14.2 Å². The van der Waals surface area contributed by atoms with Gasteiger partial charge in [0.05, 0.1) is 12.0 Å². The van der Waals surface area contributed by atoms with E-state index in [1.807, 2.05) is 13.8 Å². The van der Waals surface area contributed by atoms with Gasteiger partial charge >= 0.3 is 5.97 Å². The van der Waals surface area contributed by atoms with Gasteiger partial charge in [0.15, 0.2) is 0 Å². The minimum atomic E-state index is -3.78. The zero-order valence-corrected chi connectivity index (χ0v) is 14.3. The van der Waals surface area contributed by atoms with Gasteiger partial charge in [-0.25, -0.2) is 13.2 Å². The first-order valence-corrected chi connectivity index (χ1v) is 8.62. The van der Waals surface area contributed by atoms with Crippen LogP contribution in [-0.4, -0.2) is 32.8 Å². The highest BCUT2D eigenvalue weighted by Crippen LogP contribution is 2.20. The lowest BCUT2D eigenvalue weighted by atomic mass is 10.2. The molecule has 0 amide bonds. The first-order valence-electron chi connectivity index (χ1n) is 7.18. The van der Waals surface area contributed by atoms with E-state index in [4.69, 9.17) is 4.74 Å². The molecule has 1 aromatic rings. The fourth-order valence-electron chi connectivity index (χ4n) is 1.89. The Labute approximate surface area is 132 Å². The van der Waals surface area contributed by atoms with Crippen molar-refractivity contribution in [1.29, 1.82) is 0 Å². The van der Waals surface area contributed by atoms with Gasteiger partial charge in [-0.3, -0.25) is 4.31 Å². The highest BCUT2D eigenvalue weighted by molar-refractivity contribution is 7.89. The molecule has 0 spiro atoms. The summed E-state index contributed by atoms with van der Waals surface area (Å²) in [6, 6.07) is 6.50. The number of unbranched alkanes of at least 4 members (excludes halogenated alkanes) is 2. The Kier molecular flexibility index (Phi) is 6.61. The molecule has 0 N–H and O–H groups in total. The van der Waals surface area contributed by atoms with Crippen molar-refractivity contribution in [2.24, 2.45) is 0 Å². The van der Waals surface area contributed by atoms with E-state index in [-0.39, 0.29) is 10.6 Å². The van der Waals surface area contributed by atoms with Crippen molar-refractivity contribution in [3.8, 4) is 0 Å². The van der Waals surface area contributed by atoms with Crippen LogP contribution >= 0.6 is 0 Å². The molecule has 6 heteroatoms. The van der Waals surface area contributed by atoms with Gasteiger partial charge < -0.3 is 4.74 Å². The second kappa shape index (κ2) is 7.98. The second-order valence-electron chi connectivity index (χ2n) is 5.01. The molecular weight excluding hydrogens is 302 g/mol. The Bertz CT molecular complexity index is 633. The normalized spacial score (nSPS) is 12.1. The molecule has 22 heavy (non-hydrogen) atoms. The predicted molar refractivity (Wildman–Crippen MR) is 85.8 cm³/mol. The molecule has 0 unspecified atom stereocenters. The third-order valence-electron chi connectivity index (χ3n) is 3.31. The number of carbonyl (C=O) groups excluding carboxylic acids is 1. The topological polar surface area (TPSA) is 63.7 Å². The van der Waals surface area contributed by atoms with Crippen LogP contribution < -0.4 is 0 Å². The average Bonchev–Trinajstić information content (AvgIpc) is 2.50. The summed E-state index contributed by atoms with van der Waals surface area (Å²) >= 11 is 0. The van der Waals surface area contributed by atoms with Crippen LogP contribution in [0.5, 0.6) is 0 Å². The number of benzene rings is 1. The monoisotopic (exact) mass is 325 g/mol. The minimum absolute atomic E-state index is 0.0384. The Morgan fingerprint density at radius 3 is 2.36 bits per heavy atom. The van der Waals surface area contributed by atoms with Crippen LogP contribution in [0.15, 0.2) is 40.9 Å². The number of carbonyl (C=O) groups is 1. The van der Waals surface area contributed by atoms with Crippen molar-refractivity contribution in [3.05, 3.63) is 41.6 Å². The van der Waals surface area contributed by atoms with Gasteiger partial charge in [0.2, 0.25) is 0 Å². The zero-order chi connectivity index (χ0) is 16.8. The Morgan fingerprint density at radius 2 is 1.86 bits per heavy atom. The number of nitrogens with zero attached hydrogens (tertiary/aromatic N) is 1. The summed E-state index contributed by atoms with van der Waals surface area (Å²) in [6.07, 6.45) is 4.06. The maximum Gasteiger partial charge on any atom is 0.354 e. The van der Waals surface area contributed by atoms with Crippen LogP contribution in [0.1, 0.15) is 31.7 Å². The Hall–Kier alpha value is -1.82. The number of aryl methyl sites for hydroxylation is 1. The zero-order valence-electron chi connectivity index (χ0n) is 13.5. The summed E-state index contributed by atoms with van der Waals surface area (Å²) in [7, 11) is -1.18. The molecule has 0 aliphatic rings. The Morgan fingerprint density at radius 1 is 1.27 bits per heavy atom. The third kappa shape index (κ3) is 4.34. The van der Waals surface area contributed by atoms with E-state index >= 15 is 0 Å². The molecule has 5 nitrogen and oxygen atoms in total. The number of esters is 1. The molecule has 0 bridgehead atoms. The molecule has 122 valence electrons. The SMILES string of the molecule is CCCC/C=C(\C(=O)OC)N(C)S(=O)(=O)c1ccc(C)cc1. The van der Waals surface area contributed by atoms with E-state index in [1.54, 1.807) is 18.2 Å². The van der Waals surface area contributed by atoms with E-state index in [0.29, 0.717) is 6.42 Å². The van der Waals surface area contributed by atoms with E-state index in [1.165, 1.54) is 26.3 Å². The average molecular weight is 325 g/mol. The number of methoxy groups -OCH3 is 1. The number of sulfonamides is 1. The van der Waals surface area contributed by atoms with Gasteiger partial charge in [-0.1, -0.05) is 37.1 Å². The quantitative estimate of drug-likeness (QED) is 0.439. The number of rotatable bonds is 7.